The molecule has 3 unspecified atom stereocenters. The molecule has 0 heterocycles. The first-order chi connectivity index (χ1) is 8.97. The van der Waals surface area contributed by atoms with E-state index in [0.717, 1.165) is 11.8 Å². The van der Waals surface area contributed by atoms with Crippen LogP contribution in [0.5, 0.6) is 0 Å². The molecule has 3 atom stereocenters. The second-order valence-corrected chi connectivity index (χ2v) is 6.69. The zero-order chi connectivity index (χ0) is 14.0. The van der Waals surface area contributed by atoms with E-state index in [0.29, 0.717) is 5.92 Å². The molecule has 0 spiro atoms. The van der Waals surface area contributed by atoms with Crippen molar-refractivity contribution in [2.24, 2.45) is 23.5 Å². The lowest BCUT2D eigenvalue weighted by molar-refractivity contribution is 0.193. The normalized spacial score (nSPS) is 29.0. The van der Waals surface area contributed by atoms with Gasteiger partial charge in [-0.1, -0.05) is 26.0 Å². The highest BCUT2D eigenvalue weighted by Crippen LogP contribution is 2.38. The molecule has 2 heteroatoms. The highest BCUT2D eigenvalue weighted by molar-refractivity contribution is 5.46. The summed E-state index contributed by atoms with van der Waals surface area (Å²) in [6.07, 6.45) is 3.92. The Morgan fingerprint density at radius 2 is 1.53 bits per heavy atom. The summed E-state index contributed by atoms with van der Waals surface area (Å²) < 4.78 is 0. The molecule has 1 fully saturated rings. The van der Waals surface area contributed by atoms with E-state index in [1.807, 2.05) is 0 Å². The maximum Gasteiger partial charge on any atom is 0.0361 e. The Morgan fingerprint density at radius 3 is 2.00 bits per heavy atom. The number of rotatable bonds is 3. The first-order valence-electron chi connectivity index (χ1n) is 7.50. The molecular weight excluding hydrogens is 232 g/mol. The molecule has 0 radical (unpaired) electrons. The second-order valence-electron chi connectivity index (χ2n) is 6.69. The van der Waals surface area contributed by atoms with Crippen LogP contribution in [0.25, 0.3) is 0 Å². The summed E-state index contributed by atoms with van der Waals surface area (Å²) >= 11 is 0. The highest BCUT2D eigenvalue weighted by atomic mass is 15.1. The van der Waals surface area contributed by atoms with Gasteiger partial charge in [-0.05, 0) is 54.7 Å². The van der Waals surface area contributed by atoms with Crippen LogP contribution < -0.4 is 10.6 Å². The summed E-state index contributed by atoms with van der Waals surface area (Å²) in [5.41, 5.74) is 9.03. The van der Waals surface area contributed by atoms with Crippen LogP contribution in [0.1, 0.15) is 44.7 Å². The van der Waals surface area contributed by atoms with Crippen molar-refractivity contribution in [3.8, 4) is 0 Å². The molecular formula is C17H28N2. The van der Waals surface area contributed by atoms with E-state index in [2.05, 4.69) is 57.1 Å². The molecule has 0 bridgehead atoms. The fraction of sp³-hybridized carbons (Fsp3) is 0.647. The molecule has 2 nitrogen and oxygen atoms in total. The van der Waals surface area contributed by atoms with E-state index in [1.54, 1.807) is 0 Å². The maximum absolute atomic E-state index is 6.51. The molecule has 1 aromatic rings. The van der Waals surface area contributed by atoms with E-state index in [-0.39, 0.29) is 6.04 Å². The zero-order valence-electron chi connectivity index (χ0n) is 12.8. The predicted octanol–water partition coefficient (Wildman–Crippen LogP) is 3.82. The number of benzene rings is 1. The van der Waals surface area contributed by atoms with Gasteiger partial charge in [-0.25, -0.2) is 0 Å². The molecule has 1 aliphatic carbocycles. The van der Waals surface area contributed by atoms with Gasteiger partial charge in [-0.2, -0.15) is 0 Å². The summed E-state index contributed by atoms with van der Waals surface area (Å²) in [5.74, 6) is 2.28. The third-order valence-corrected chi connectivity index (χ3v) is 4.52. The van der Waals surface area contributed by atoms with Crippen LogP contribution >= 0.6 is 0 Å². The first kappa shape index (κ1) is 14.4. The largest absolute Gasteiger partial charge is 0.378 e. The van der Waals surface area contributed by atoms with Gasteiger partial charge in [0.2, 0.25) is 0 Å². The molecule has 0 aliphatic heterocycles. The standard InChI is InChI=1S/C17H28N2/c1-12-9-13(2)11-15(10-12)17(18)14-5-7-16(8-6-14)19(3)4/h5-8,12-13,15,17H,9-11,18H2,1-4H3. The van der Waals surface area contributed by atoms with Crippen LogP contribution in [-0.2, 0) is 0 Å². The van der Waals surface area contributed by atoms with Crippen molar-refractivity contribution in [3.05, 3.63) is 29.8 Å². The van der Waals surface area contributed by atoms with Gasteiger partial charge in [0.25, 0.3) is 0 Å². The van der Waals surface area contributed by atoms with Gasteiger partial charge in [-0.15, -0.1) is 0 Å². The molecule has 0 amide bonds. The van der Waals surface area contributed by atoms with E-state index in [1.165, 1.54) is 30.5 Å². The van der Waals surface area contributed by atoms with Crippen molar-refractivity contribution in [1.82, 2.24) is 0 Å². The molecule has 1 aromatic carbocycles. The van der Waals surface area contributed by atoms with E-state index in [9.17, 15) is 0 Å². The lowest BCUT2D eigenvalue weighted by Crippen LogP contribution is -2.29. The van der Waals surface area contributed by atoms with Crippen molar-refractivity contribution in [2.75, 3.05) is 19.0 Å². The number of hydrogen-bond acceptors (Lipinski definition) is 2. The summed E-state index contributed by atoms with van der Waals surface area (Å²) in [6.45, 7) is 4.73. The van der Waals surface area contributed by atoms with Gasteiger partial charge in [0.05, 0.1) is 0 Å². The van der Waals surface area contributed by atoms with Gasteiger partial charge >= 0.3 is 0 Å². The fourth-order valence-electron chi connectivity index (χ4n) is 3.57. The fourth-order valence-corrected chi connectivity index (χ4v) is 3.57. The van der Waals surface area contributed by atoms with Crippen molar-refractivity contribution in [1.29, 1.82) is 0 Å². The van der Waals surface area contributed by atoms with Gasteiger partial charge in [0, 0.05) is 25.8 Å². The van der Waals surface area contributed by atoms with Crippen LogP contribution in [0.4, 0.5) is 5.69 Å². The zero-order valence-corrected chi connectivity index (χ0v) is 12.8. The summed E-state index contributed by atoms with van der Waals surface area (Å²) in [5, 5.41) is 0. The van der Waals surface area contributed by atoms with Gasteiger partial charge < -0.3 is 10.6 Å². The lowest BCUT2D eigenvalue weighted by Gasteiger charge is -2.35. The minimum absolute atomic E-state index is 0.196. The molecule has 2 N–H and O–H groups in total. The number of anilines is 1. The smallest absolute Gasteiger partial charge is 0.0361 e. The van der Waals surface area contributed by atoms with Crippen molar-refractivity contribution in [2.45, 2.75) is 39.2 Å². The molecule has 106 valence electrons. The number of nitrogens with two attached hydrogens (primary N) is 1. The van der Waals surface area contributed by atoms with Crippen LogP contribution in [-0.4, -0.2) is 14.1 Å². The Balaban J connectivity index is 2.08. The lowest BCUT2D eigenvalue weighted by atomic mass is 9.72. The number of nitrogens with zero attached hydrogens (tertiary/aromatic N) is 1. The minimum atomic E-state index is 0.196. The average molecular weight is 260 g/mol. The summed E-state index contributed by atoms with van der Waals surface area (Å²) in [4.78, 5) is 2.13. The minimum Gasteiger partial charge on any atom is -0.378 e. The van der Waals surface area contributed by atoms with Crippen molar-refractivity contribution >= 4 is 5.69 Å². The Morgan fingerprint density at radius 1 is 1.00 bits per heavy atom. The highest BCUT2D eigenvalue weighted by Gasteiger charge is 2.28. The topological polar surface area (TPSA) is 29.3 Å². The van der Waals surface area contributed by atoms with Gasteiger partial charge in [0.1, 0.15) is 0 Å². The van der Waals surface area contributed by atoms with Crippen molar-refractivity contribution in [3.63, 3.8) is 0 Å². The van der Waals surface area contributed by atoms with Gasteiger partial charge in [0.15, 0.2) is 0 Å². The monoisotopic (exact) mass is 260 g/mol. The Labute approximate surface area is 118 Å². The second kappa shape index (κ2) is 5.96. The van der Waals surface area contributed by atoms with E-state index < -0.39 is 0 Å². The quantitative estimate of drug-likeness (QED) is 0.895. The van der Waals surface area contributed by atoms with Gasteiger partial charge in [-0.3, -0.25) is 0 Å². The molecule has 2 rings (SSSR count). The Kier molecular flexibility index (Phi) is 4.51. The van der Waals surface area contributed by atoms with E-state index >= 15 is 0 Å². The molecule has 19 heavy (non-hydrogen) atoms. The Hall–Kier alpha value is -1.02. The van der Waals surface area contributed by atoms with Crippen LogP contribution in [0.2, 0.25) is 0 Å². The van der Waals surface area contributed by atoms with Crippen LogP contribution in [0, 0.1) is 17.8 Å². The Bertz CT molecular complexity index is 386. The predicted molar refractivity (Wildman–Crippen MR) is 83.4 cm³/mol. The van der Waals surface area contributed by atoms with Crippen LogP contribution in [0.3, 0.4) is 0 Å². The first-order valence-corrected chi connectivity index (χ1v) is 7.50. The summed E-state index contributed by atoms with van der Waals surface area (Å²) in [6, 6.07) is 8.94. The van der Waals surface area contributed by atoms with Crippen molar-refractivity contribution < 1.29 is 0 Å². The molecule has 1 aliphatic rings. The summed E-state index contributed by atoms with van der Waals surface area (Å²) in [7, 11) is 4.14. The molecule has 1 saturated carbocycles. The number of hydrogen-bond donors (Lipinski definition) is 1. The van der Waals surface area contributed by atoms with Crippen LogP contribution in [0.15, 0.2) is 24.3 Å². The molecule has 0 saturated heterocycles. The average Bonchev–Trinajstić information content (AvgIpc) is 2.37. The maximum atomic E-state index is 6.51. The third-order valence-electron chi connectivity index (χ3n) is 4.52. The molecule has 0 aromatic heterocycles. The van der Waals surface area contributed by atoms with E-state index in [4.69, 9.17) is 5.73 Å². The third kappa shape index (κ3) is 3.50. The SMILES string of the molecule is CC1CC(C)CC(C(N)c2ccc(N(C)C)cc2)C1.